The molecule has 0 fully saturated rings. The van der Waals surface area contributed by atoms with Crippen molar-refractivity contribution in [2.24, 2.45) is 0 Å². The highest BCUT2D eigenvalue weighted by Crippen LogP contribution is 2.12. The molecule has 0 saturated heterocycles. The number of urea groups is 1. The van der Waals surface area contributed by atoms with E-state index in [1.54, 1.807) is 20.8 Å². The van der Waals surface area contributed by atoms with Crippen LogP contribution in [0.25, 0.3) is 6.08 Å². The fourth-order valence-corrected chi connectivity index (χ4v) is 1.72. The van der Waals surface area contributed by atoms with Crippen LogP contribution in [-0.4, -0.2) is 34.5 Å². The number of nitro benzene ring substituents is 1. The Hall–Kier alpha value is -3.23. The van der Waals surface area contributed by atoms with Crippen molar-refractivity contribution in [2.45, 2.75) is 39.3 Å². The lowest BCUT2D eigenvalue weighted by Crippen LogP contribution is -2.50. The van der Waals surface area contributed by atoms with Crippen molar-refractivity contribution in [3.63, 3.8) is 0 Å². The van der Waals surface area contributed by atoms with E-state index < -0.39 is 34.5 Å². The zero-order valence-electron chi connectivity index (χ0n) is 14.9. The Morgan fingerprint density at radius 2 is 1.77 bits per heavy atom. The number of non-ortho nitro benzene ring substituents is 1. The predicted molar refractivity (Wildman–Crippen MR) is 94.1 cm³/mol. The van der Waals surface area contributed by atoms with E-state index in [0.717, 1.165) is 6.08 Å². The first-order valence-corrected chi connectivity index (χ1v) is 7.74. The third-order valence-electron chi connectivity index (χ3n) is 2.90. The van der Waals surface area contributed by atoms with Gasteiger partial charge in [0.1, 0.15) is 0 Å². The standard InChI is InChI=1S/C17H21N3O6/c1-11(15(22)18-16(23)19-17(2,3)4)26-14(21)10-7-12-5-8-13(9-6-12)20(24)25/h5-11H,1-4H3,(H2,18,19,22,23)/b10-7+. The number of nitrogens with one attached hydrogen (secondary N) is 2. The van der Waals surface area contributed by atoms with Crippen LogP contribution >= 0.6 is 0 Å². The summed E-state index contributed by atoms with van der Waals surface area (Å²) in [6.45, 7) is 6.59. The molecule has 0 spiro atoms. The number of hydrogen-bond donors (Lipinski definition) is 2. The molecule has 0 aliphatic carbocycles. The topological polar surface area (TPSA) is 128 Å². The molecule has 0 aliphatic rings. The minimum absolute atomic E-state index is 0.0662. The quantitative estimate of drug-likeness (QED) is 0.357. The van der Waals surface area contributed by atoms with Crippen LogP contribution in [0.4, 0.5) is 10.5 Å². The number of imide groups is 1. The van der Waals surface area contributed by atoms with Crippen LogP contribution in [0.5, 0.6) is 0 Å². The van der Waals surface area contributed by atoms with E-state index in [-0.39, 0.29) is 5.69 Å². The van der Waals surface area contributed by atoms with Crippen LogP contribution in [-0.2, 0) is 14.3 Å². The number of esters is 1. The Balaban J connectivity index is 2.54. The van der Waals surface area contributed by atoms with E-state index in [0.29, 0.717) is 5.56 Å². The molecule has 140 valence electrons. The summed E-state index contributed by atoms with van der Waals surface area (Å²) in [7, 11) is 0. The molecule has 0 radical (unpaired) electrons. The van der Waals surface area contributed by atoms with Crippen LogP contribution in [0.1, 0.15) is 33.3 Å². The third kappa shape index (κ3) is 7.56. The number of amides is 3. The number of ether oxygens (including phenoxy) is 1. The maximum atomic E-state index is 11.8. The highest BCUT2D eigenvalue weighted by molar-refractivity contribution is 5.98. The van der Waals surface area contributed by atoms with E-state index in [1.165, 1.54) is 37.3 Å². The summed E-state index contributed by atoms with van der Waals surface area (Å²) in [6.07, 6.45) is 1.30. The molecule has 0 bridgehead atoms. The highest BCUT2D eigenvalue weighted by Gasteiger charge is 2.21. The van der Waals surface area contributed by atoms with E-state index in [9.17, 15) is 24.5 Å². The molecule has 0 aliphatic heterocycles. The summed E-state index contributed by atoms with van der Waals surface area (Å²) in [6, 6.07) is 4.85. The minimum atomic E-state index is -1.17. The lowest BCUT2D eigenvalue weighted by molar-refractivity contribution is -0.384. The van der Waals surface area contributed by atoms with Gasteiger partial charge in [-0.15, -0.1) is 0 Å². The van der Waals surface area contributed by atoms with Crippen LogP contribution in [0.3, 0.4) is 0 Å². The second-order valence-electron chi connectivity index (χ2n) is 6.45. The van der Waals surface area contributed by atoms with Gasteiger partial charge in [-0.3, -0.25) is 20.2 Å². The van der Waals surface area contributed by atoms with Crippen molar-refractivity contribution in [1.82, 2.24) is 10.6 Å². The van der Waals surface area contributed by atoms with Gasteiger partial charge < -0.3 is 10.1 Å². The van der Waals surface area contributed by atoms with Gasteiger partial charge in [-0.25, -0.2) is 9.59 Å². The van der Waals surface area contributed by atoms with Gasteiger partial charge in [-0.05, 0) is 51.5 Å². The van der Waals surface area contributed by atoms with Crippen molar-refractivity contribution in [3.05, 3.63) is 46.0 Å². The normalized spacial score (nSPS) is 12.3. The molecule has 1 unspecified atom stereocenters. The van der Waals surface area contributed by atoms with Crippen LogP contribution in [0.2, 0.25) is 0 Å². The lowest BCUT2D eigenvalue weighted by Gasteiger charge is -2.21. The smallest absolute Gasteiger partial charge is 0.331 e. The first kappa shape index (κ1) is 20.8. The molecule has 0 aromatic heterocycles. The molecule has 1 atom stereocenters. The number of nitrogens with zero attached hydrogens (tertiary/aromatic N) is 1. The Labute approximate surface area is 150 Å². The van der Waals surface area contributed by atoms with Crippen molar-refractivity contribution in [2.75, 3.05) is 0 Å². The summed E-state index contributed by atoms with van der Waals surface area (Å²) in [5, 5.41) is 15.2. The second-order valence-corrected chi connectivity index (χ2v) is 6.45. The molecule has 26 heavy (non-hydrogen) atoms. The van der Waals surface area contributed by atoms with E-state index in [1.807, 2.05) is 0 Å². The van der Waals surface area contributed by atoms with Crippen LogP contribution in [0.15, 0.2) is 30.3 Å². The van der Waals surface area contributed by atoms with Gasteiger partial charge in [-0.1, -0.05) is 0 Å². The first-order chi connectivity index (χ1) is 12.0. The average molecular weight is 363 g/mol. The van der Waals surface area contributed by atoms with E-state index in [4.69, 9.17) is 4.74 Å². The Morgan fingerprint density at radius 1 is 1.19 bits per heavy atom. The minimum Gasteiger partial charge on any atom is -0.449 e. The zero-order valence-corrected chi connectivity index (χ0v) is 14.9. The van der Waals surface area contributed by atoms with Crippen LogP contribution < -0.4 is 10.6 Å². The van der Waals surface area contributed by atoms with Crippen LogP contribution in [0, 0.1) is 10.1 Å². The number of nitro groups is 1. The van der Waals surface area contributed by atoms with Crippen molar-refractivity contribution >= 4 is 29.7 Å². The molecule has 3 amide bonds. The van der Waals surface area contributed by atoms with Gasteiger partial charge in [0.05, 0.1) is 4.92 Å². The number of rotatable bonds is 5. The molecule has 0 saturated carbocycles. The fraction of sp³-hybridized carbons (Fsp3) is 0.353. The lowest BCUT2D eigenvalue weighted by atomic mass is 10.1. The maximum Gasteiger partial charge on any atom is 0.331 e. The molecular weight excluding hydrogens is 342 g/mol. The van der Waals surface area contributed by atoms with Crippen molar-refractivity contribution < 1.29 is 24.0 Å². The number of carbonyl (C=O) groups excluding carboxylic acids is 3. The van der Waals surface area contributed by atoms with Gasteiger partial charge in [0.15, 0.2) is 6.10 Å². The first-order valence-electron chi connectivity index (χ1n) is 7.74. The van der Waals surface area contributed by atoms with E-state index >= 15 is 0 Å². The molecule has 1 aromatic rings. The van der Waals surface area contributed by atoms with Crippen molar-refractivity contribution in [1.29, 1.82) is 0 Å². The summed E-state index contributed by atoms with van der Waals surface area (Å²) in [5.41, 5.74) is -0.0321. The van der Waals surface area contributed by atoms with Gasteiger partial charge in [-0.2, -0.15) is 0 Å². The van der Waals surface area contributed by atoms with Gasteiger partial charge >= 0.3 is 12.0 Å². The largest absolute Gasteiger partial charge is 0.449 e. The molecule has 1 rings (SSSR count). The summed E-state index contributed by atoms with van der Waals surface area (Å²) in [5.74, 6) is -1.55. The van der Waals surface area contributed by atoms with Gasteiger partial charge in [0.25, 0.3) is 11.6 Å². The third-order valence-corrected chi connectivity index (χ3v) is 2.90. The summed E-state index contributed by atoms with van der Waals surface area (Å²) < 4.78 is 4.90. The fourth-order valence-electron chi connectivity index (χ4n) is 1.72. The summed E-state index contributed by atoms with van der Waals surface area (Å²) >= 11 is 0. The highest BCUT2D eigenvalue weighted by atomic mass is 16.6. The zero-order chi connectivity index (χ0) is 19.9. The molecule has 9 nitrogen and oxygen atoms in total. The number of hydrogen-bond acceptors (Lipinski definition) is 6. The SMILES string of the molecule is CC(OC(=O)/C=C/c1ccc([N+](=O)[O-])cc1)C(=O)NC(=O)NC(C)(C)C. The molecular formula is C17H21N3O6. The Bertz CT molecular complexity index is 719. The Kier molecular flexibility index (Phi) is 7.00. The van der Waals surface area contributed by atoms with Gasteiger partial charge in [0.2, 0.25) is 0 Å². The second kappa shape index (κ2) is 8.75. The molecule has 2 N–H and O–H groups in total. The summed E-state index contributed by atoms with van der Waals surface area (Å²) in [4.78, 5) is 45.2. The molecule has 0 heterocycles. The number of benzene rings is 1. The molecule has 9 heteroatoms. The molecule has 1 aromatic carbocycles. The number of carbonyl (C=O) groups is 3. The Morgan fingerprint density at radius 3 is 2.27 bits per heavy atom. The predicted octanol–water partition coefficient (Wildman–Crippen LogP) is 2.16. The maximum absolute atomic E-state index is 11.8. The monoisotopic (exact) mass is 363 g/mol. The van der Waals surface area contributed by atoms with E-state index in [2.05, 4.69) is 10.6 Å². The van der Waals surface area contributed by atoms with Crippen molar-refractivity contribution in [3.8, 4) is 0 Å². The average Bonchev–Trinajstić information content (AvgIpc) is 2.51. The van der Waals surface area contributed by atoms with Gasteiger partial charge in [0, 0.05) is 23.7 Å².